The van der Waals surface area contributed by atoms with E-state index in [2.05, 4.69) is 5.32 Å². The van der Waals surface area contributed by atoms with E-state index in [-0.39, 0.29) is 11.8 Å². The van der Waals surface area contributed by atoms with Crippen molar-refractivity contribution in [2.45, 2.75) is 19.8 Å². The van der Waals surface area contributed by atoms with Crippen molar-refractivity contribution in [1.29, 1.82) is 5.26 Å². The third-order valence-electron chi connectivity index (χ3n) is 4.50. The van der Waals surface area contributed by atoms with Crippen molar-refractivity contribution in [3.8, 4) is 6.07 Å². The number of nitrogens with one attached hydrogen (secondary N) is 1. The molecule has 1 saturated carbocycles. The van der Waals surface area contributed by atoms with Crippen molar-refractivity contribution < 1.29 is 9.59 Å². The van der Waals surface area contributed by atoms with Crippen LogP contribution in [0.15, 0.2) is 54.6 Å². The summed E-state index contributed by atoms with van der Waals surface area (Å²) in [7, 11) is 0. The standard InChI is InChI=1S/C20H19N3O2/c1-2-23(17-6-4-3-5-7-17)19(25)20(12-13-20)18(24)22-16-10-8-15(14-21)9-11-16/h3-11H,2,12-13H2,1H3,(H,22,24). The first-order valence-electron chi connectivity index (χ1n) is 8.29. The third kappa shape index (κ3) is 3.24. The number of benzene rings is 2. The smallest absolute Gasteiger partial charge is 0.242 e. The maximum atomic E-state index is 13.0. The first kappa shape index (κ1) is 16.7. The average molecular weight is 333 g/mol. The van der Waals surface area contributed by atoms with Gasteiger partial charge in [0, 0.05) is 17.9 Å². The zero-order valence-corrected chi connectivity index (χ0v) is 14.0. The van der Waals surface area contributed by atoms with Crippen molar-refractivity contribution in [3.05, 3.63) is 60.2 Å². The molecule has 1 aliphatic carbocycles. The minimum atomic E-state index is -0.986. The van der Waals surface area contributed by atoms with Gasteiger partial charge in [0.1, 0.15) is 5.41 Å². The first-order chi connectivity index (χ1) is 12.1. The number of anilines is 2. The van der Waals surface area contributed by atoms with Crippen LogP contribution in [0.1, 0.15) is 25.3 Å². The van der Waals surface area contributed by atoms with E-state index >= 15 is 0 Å². The van der Waals surface area contributed by atoms with Gasteiger partial charge in [-0.3, -0.25) is 9.59 Å². The summed E-state index contributed by atoms with van der Waals surface area (Å²) in [6.45, 7) is 2.41. The van der Waals surface area contributed by atoms with E-state index in [9.17, 15) is 9.59 Å². The number of para-hydroxylation sites is 1. The molecule has 126 valence electrons. The summed E-state index contributed by atoms with van der Waals surface area (Å²) in [5, 5.41) is 11.6. The average Bonchev–Trinajstić information content (AvgIpc) is 3.46. The Morgan fingerprint density at radius 3 is 2.28 bits per heavy atom. The Kier molecular flexibility index (Phi) is 4.53. The highest BCUT2D eigenvalue weighted by Crippen LogP contribution is 2.48. The Hall–Kier alpha value is -3.13. The van der Waals surface area contributed by atoms with Crippen molar-refractivity contribution in [1.82, 2.24) is 0 Å². The molecular formula is C20H19N3O2. The molecule has 0 bridgehead atoms. The van der Waals surface area contributed by atoms with Crippen LogP contribution in [-0.4, -0.2) is 18.4 Å². The summed E-state index contributed by atoms with van der Waals surface area (Å²) in [5.41, 5.74) is 0.925. The monoisotopic (exact) mass is 333 g/mol. The highest BCUT2D eigenvalue weighted by Gasteiger charge is 2.58. The molecule has 1 fully saturated rings. The fraction of sp³-hybridized carbons (Fsp3) is 0.250. The molecule has 0 aromatic heterocycles. The summed E-state index contributed by atoms with van der Waals surface area (Å²) in [5.74, 6) is -0.441. The molecule has 0 unspecified atom stereocenters. The predicted molar refractivity (Wildman–Crippen MR) is 95.9 cm³/mol. The zero-order valence-electron chi connectivity index (χ0n) is 14.0. The Balaban J connectivity index is 1.77. The molecule has 5 nitrogen and oxygen atoms in total. The Bertz CT molecular complexity index is 818. The van der Waals surface area contributed by atoms with Gasteiger partial charge in [-0.2, -0.15) is 5.26 Å². The Labute approximate surface area is 146 Å². The minimum absolute atomic E-state index is 0.160. The number of nitrogens with zero attached hydrogens (tertiary/aromatic N) is 2. The van der Waals surface area contributed by atoms with Crippen molar-refractivity contribution >= 4 is 23.2 Å². The van der Waals surface area contributed by atoms with Crippen LogP contribution < -0.4 is 10.2 Å². The molecule has 5 heteroatoms. The topological polar surface area (TPSA) is 73.2 Å². The number of amides is 2. The summed E-state index contributed by atoms with van der Waals surface area (Å²) in [6, 6.07) is 18.0. The van der Waals surface area contributed by atoms with E-state index in [4.69, 9.17) is 5.26 Å². The van der Waals surface area contributed by atoms with Crippen LogP contribution in [0, 0.1) is 16.7 Å². The zero-order chi connectivity index (χ0) is 17.9. The van der Waals surface area contributed by atoms with Gasteiger partial charge in [-0.1, -0.05) is 18.2 Å². The normalized spacial score (nSPS) is 14.2. The molecule has 0 aliphatic heterocycles. The molecule has 0 heterocycles. The molecule has 0 atom stereocenters. The van der Waals surface area contributed by atoms with Crippen LogP contribution in [0.3, 0.4) is 0 Å². The van der Waals surface area contributed by atoms with Gasteiger partial charge in [0.2, 0.25) is 11.8 Å². The lowest BCUT2D eigenvalue weighted by atomic mass is 10.0. The largest absolute Gasteiger partial charge is 0.325 e. The summed E-state index contributed by atoms with van der Waals surface area (Å²) in [6.07, 6.45) is 1.11. The summed E-state index contributed by atoms with van der Waals surface area (Å²) in [4.78, 5) is 27.4. The quantitative estimate of drug-likeness (QED) is 0.853. The molecule has 0 spiro atoms. The lowest BCUT2D eigenvalue weighted by Crippen LogP contribution is -2.43. The maximum absolute atomic E-state index is 13.0. The number of carbonyl (C=O) groups excluding carboxylic acids is 2. The van der Waals surface area contributed by atoms with E-state index in [1.165, 1.54) is 0 Å². The second-order valence-electron chi connectivity index (χ2n) is 6.11. The van der Waals surface area contributed by atoms with Gasteiger partial charge < -0.3 is 10.2 Å². The van der Waals surface area contributed by atoms with Crippen LogP contribution in [0.25, 0.3) is 0 Å². The van der Waals surface area contributed by atoms with Gasteiger partial charge in [-0.15, -0.1) is 0 Å². The van der Waals surface area contributed by atoms with E-state index in [0.717, 1.165) is 5.69 Å². The molecule has 0 radical (unpaired) electrons. The van der Waals surface area contributed by atoms with Crippen LogP contribution in [-0.2, 0) is 9.59 Å². The number of carbonyl (C=O) groups is 2. The van der Waals surface area contributed by atoms with Gasteiger partial charge in [0.05, 0.1) is 11.6 Å². The van der Waals surface area contributed by atoms with Crippen molar-refractivity contribution in [2.24, 2.45) is 5.41 Å². The Morgan fingerprint density at radius 1 is 1.12 bits per heavy atom. The van der Waals surface area contributed by atoms with Crippen LogP contribution in [0.5, 0.6) is 0 Å². The SMILES string of the molecule is CCN(C(=O)C1(C(=O)Nc2ccc(C#N)cc2)CC1)c1ccccc1. The fourth-order valence-electron chi connectivity index (χ4n) is 2.85. The maximum Gasteiger partial charge on any atom is 0.242 e. The number of hydrogen-bond acceptors (Lipinski definition) is 3. The Morgan fingerprint density at radius 2 is 1.76 bits per heavy atom. The first-order valence-corrected chi connectivity index (χ1v) is 8.29. The van der Waals surface area contributed by atoms with Crippen LogP contribution in [0.4, 0.5) is 11.4 Å². The summed E-state index contributed by atoms with van der Waals surface area (Å²) >= 11 is 0. The molecule has 0 saturated heterocycles. The molecule has 1 N–H and O–H groups in total. The number of hydrogen-bond donors (Lipinski definition) is 1. The molecule has 1 aliphatic rings. The van der Waals surface area contributed by atoms with Crippen LogP contribution in [0.2, 0.25) is 0 Å². The molecule has 2 aromatic carbocycles. The van der Waals surface area contributed by atoms with Crippen LogP contribution >= 0.6 is 0 Å². The van der Waals surface area contributed by atoms with E-state index in [1.54, 1.807) is 29.2 Å². The van der Waals surface area contributed by atoms with Crippen molar-refractivity contribution in [3.63, 3.8) is 0 Å². The number of rotatable bonds is 5. The van der Waals surface area contributed by atoms with Gasteiger partial charge >= 0.3 is 0 Å². The minimum Gasteiger partial charge on any atom is -0.325 e. The highest BCUT2D eigenvalue weighted by molar-refractivity contribution is 6.17. The molecule has 3 rings (SSSR count). The summed E-state index contributed by atoms with van der Waals surface area (Å²) < 4.78 is 0. The lowest BCUT2D eigenvalue weighted by molar-refractivity contribution is -0.132. The second kappa shape index (κ2) is 6.78. The number of nitriles is 1. The fourth-order valence-corrected chi connectivity index (χ4v) is 2.85. The van der Waals surface area contributed by atoms with Gasteiger partial charge in [0.25, 0.3) is 0 Å². The van der Waals surface area contributed by atoms with E-state index in [0.29, 0.717) is 30.6 Å². The second-order valence-corrected chi connectivity index (χ2v) is 6.11. The van der Waals surface area contributed by atoms with Gasteiger partial charge in [-0.05, 0) is 56.2 Å². The van der Waals surface area contributed by atoms with Gasteiger partial charge in [0.15, 0.2) is 0 Å². The molecular weight excluding hydrogens is 314 g/mol. The third-order valence-corrected chi connectivity index (χ3v) is 4.50. The van der Waals surface area contributed by atoms with Crippen molar-refractivity contribution in [2.75, 3.05) is 16.8 Å². The van der Waals surface area contributed by atoms with Gasteiger partial charge in [-0.25, -0.2) is 0 Å². The molecule has 2 amide bonds. The van der Waals surface area contributed by atoms with E-state index < -0.39 is 5.41 Å². The predicted octanol–water partition coefficient (Wildman–Crippen LogP) is 3.33. The molecule has 2 aromatic rings. The highest BCUT2D eigenvalue weighted by atomic mass is 16.2. The molecule has 25 heavy (non-hydrogen) atoms. The lowest BCUT2D eigenvalue weighted by Gasteiger charge is -2.26. The van der Waals surface area contributed by atoms with E-state index in [1.807, 2.05) is 43.3 Å².